The molecule has 2 fully saturated rings. The zero-order valence-corrected chi connectivity index (χ0v) is 22.4. The summed E-state index contributed by atoms with van der Waals surface area (Å²) in [4.78, 5) is 54.9. The van der Waals surface area contributed by atoms with Gasteiger partial charge in [0.25, 0.3) is 11.8 Å². The molecule has 42 heavy (non-hydrogen) atoms. The van der Waals surface area contributed by atoms with Gasteiger partial charge in [0.1, 0.15) is 29.6 Å². The van der Waals surface area contributed by atoms with E-state index in [0.29, 0.717) is 38.1 Å². The number of benzene rings is 2. The maximum atomic E-state index is 14.2. The van der Waals surface area contributed by atoms with Crippen molar-refractivity contribution in [3.63, 3.8) is 0 Å². The Labute approximate surface area is 238 Å². The normalized spacial score (nSPS) is 21.1. The van der Waals surface area contributed by atoms with E-state index in [1.165, 1.54) is 6.20 Å². The molecule has 3 aromatic rings. The third-order valence-electron chi connectivity index (χ3n) is 8.37. The third kappa shape index (κ3) is 4.80. The van der Waals surface area contributed by atoms with Crippen molar-refractivity contribution in [3.05, 3.63) is 98.7 Å². The summed E-state index contributed by atoms with van der Waals surface area (Å²) in [6, 6.07) is 9.49. The molecular formula is C30H27F3N4O5. The van der Waals surface area contributed by atoms with Crippen LogP contribution in [0.1, 0.15) is 57.3 Å². The second-order valence-electron chi connectivity index (χ2n) is 10.9. The molecule has 2 bridgehead atoms. The number of hydrogen-bond donors (Lipinski definition) is 2. The highest BCUT2D eigenvalue weighted by atomic mass is 19.1. The largest absolute Gasteiger partial charge is 0.483 e. The Kier molecular flexibility index (Phi) is 6.99. The molecule has 3 amide bonds. The lowest BCUT2D eigenvalue weighted by molar-refractivity contribution is -0.119. The zero-order chi connectivity index (χ0) is 29.6. The Bertz CT molecular complexity index is 1640. The molecule has 0 saturated carbocycles. The number of rotatable bonds is 6. The number of hydrogen-bond acceptors (Lipinski definition) is 5. The predicted molar refractivity (Wildman–Crippen MR) is 143 cm³/mol. The van der Waals surface area contributed by atoms with Gasteiger partial charge in [-0.25, -0.2) is 13.2 Å². The van der Waals surface area contributed by atoms with E-state index < -0.39 is 63.8 Å². The van der Waals surface area contributed by atoms with Crippen LogP contribution < -0.4 is 20.8 Å². The lowest BCUT2D eigenvalue weighted by atomic mass is 9.75. The molecule has 2 aromatic carbocycles. The summed E-state index contributed by atoms with van der Waals surface area (Å²) < 4.78 is 49.3. The standard InChI is InChI=1S/C30H27F3N4O5/c31-18-9-21(32)19(22(33)10-18)12-34-28(40)20-13-37-23-14-36(8-4-7-30(23)11-24(38)35-16-30)29(41)25(37)27(26(20)39)42-15-17-5-2-1-3-6-17/h1-3,5-6,9-10,13,23H,4,7-8,11-12,14-16H2,(H,34,40)(H,35,38)/t23-,30-/m1/s1. The molecule has 1 spiro atoms. The fourth-order valence-electron chi connectivity index (χ4n) is 6.22. The van der Waals surface area contributed by atoms with Crippen LogP contribution in [0.2, 0.25) is 0 Å². The van der Waals surface area contributed by atoms with Crippen LogP contribution in [-0.2, 0) is 17.9 Å². The van der Waals surface area contributed by atoms with Crippen molar-refractivity contribution in [2.45, 2.75) is 38.5 Å². The molecule has 3 aliphatic heterocycles. The first kappa shape index (κ1) is 27.6. The monoisotopic (exact) mass is 580 g/mol. The minimum absolute atomic E-state index is 0.0139. The van der Waals surface area contributed by atoms with Crippen molar-refractivity contribution in [2.24, 2.45) is 5.41 Å². The van der Waals surface area contributed by atoms with E-state index in [1.54, 1.807) is 33.7 Å². The van der Waals surface area contributed by atoms with E-state index in [-0.39, 0.29) is 36.9 Å². The van der Waals surface area contributed by atoms with E-state index in [0.717, 1.165) is 5.56 Å². The Balaban J connectivity index is 1.44. The maximum Gasteiger partial charge on any atom is 0.274 e. The smallest absolute Gasteiger partial charge is 0.274 e. The van der Waals surface area contributed by atoms with Gasteiger partial charge in [-0.2, -0.15) is 0 Å². The fraction of sp³-hybridized carbons (Fsp3) is 0.333. The Morgan fingerprint density at radius 1 is 1.10 bits per heavy atom. The average Bonchev–Trinajstić information content (AvgIpc) is 3.25. The van der Waals surface area contributed by atoms with Crippen molar-refractivity contribution in [2.75, 3.05) is 19.6 Å². The van der Waals surface area contributed by atoms with Gasteiger partial charge in [0.15, 0.2) is 11.4 Å². The van der Waals surface area contributed by atoms with Gasteiger partial charge >= 0.3 is 0 Å². The van der Waals surface area contributed by atoms with Crippen LogP contribution in [0.15, 0.2) is 53.5 Å². The highest BCUT2D eigenvalue weighted by molar-refractivity contribution is 5.99. The molecule has 0 aliphatic carbocycles. The van der Waals surface area contributed by atoms with Crippen LogP contribution in [-0.4, -0.2) is 46.8 Å². The highest BCUT2D eigenvalue weighted by Crippen LogP contribution is 2.47. The zero-order valence-electron chi connectivity index (χ0n) is 22.4. The number of fused-ring (bicyclic) bond motifs is 5. The van der Waals surface area contributed by atoms with E-state index >= 15 is 0 Å². The van der Waals surface area contributed by atoms with E-state index in [1.807, 2.05) is 6.07 Å². The minimum Gasteiger partial charge on any atom is -0.483 e. The summed E-state index contributed by atoms with van der Waals surface area (Å²) in [5.41, 5.74) is -1.70. The quantitative estimate of drug-likeness (QED) is 0.466. The summed E-state index contributed by atoms with van der Waals surface area (Å²) >= 11 is 0. The number of aromatic nitrogens is 1. The van der Waals surface area contributed by atoms with Gasteiger partial charge in [0.2, 0.25) is 11.3 Å². The van der Waals surface area contributed by atoms with Crippen molar-refractivity contribution in [1.82, 2.24) is 20.1 Å². The molecule has 0 radical (unpaired) electrons. The minimum atomic E-state index is -1.19. The lowest BCUT2D eigenvalue weighted by Crippen LogP contribution is -2.49. The summed E-state index contributed by atoms with van der Waals surface area (Å²) in [5.74, 6) is -5.31. The van der Waals surface area contributed by atoms with E-state index in [2.05, 4.69) is 10.6 Å². The first-order valence-corrected chi connectivity index (χ1v) is 13.6. The molecule has 9 nitrogen and oxygen atoms in total. The van der Waals surface area contributed by atoms with Crippen LogP contribution in [0.4, 0.5) is 13.2 Å². The number of pyridine rings is 1. The van der Waals surface area contributed by atoms with Crippen molar-refractivity contribution in [3.8, 4) is 5.75 Å². The van der Waals surface area contributed by atoms with E-state index in [9.17, 15) is 32.3 Å². The van der Waals surface area contributed by atoms with Gasteiger partial charge in [0.05, 0.1) is 6.04 Å². The Morgan fingerprint density at radius 2 is 1.83 bits per heavy atom. The van der Waals surface area contributed by atoms with Gasteiger partial charge in [-0.3, -0.25) is 19.2 Å². The number of nitrogens with one attached hydrogen (secondary N) is 2. The van der Waals surface area contributed by atoms with Crippen LogP contribution in [0.25, 0.3) is 0 Å². The lowest BCUT2D eigenvalue weighted by Gasteiger charge is -2.42. The third-order valence-corrected chi connectivity index (χ3v) is 8.37. The van der Waals surface area contributed by atoms with Crippen LogP contribution >= 0.6 is 0 Å². The van der Waals surface area contributed by atoms with Crippen LogP contribution in [0, 0.1) is 22.9 Å². The molecule has 2 N–H and O–H groups in total. The number of amides is 3. The van der Waals surface area contributed by atoms with Gasteiger partial charge in [-0.1, -0.05) is 30.3 Å². The fourth-order valence-corrected chi connectivity index (χ4v) is 6.22. The number of ether oxygens (including phenoxy) is 1. The van der Waals surface area contributed by atoms with Crippen molar-refractivity contribution in [1.29, 1.82) is 0 Å². The molecule has 6 rings (SSSR count). The SMILES string of the molecule is O=C1C[C@]2(CCCN3C[C@H]2n2cc(C(=O)NCc4c(F)cc(F)cc4F)c(=O)c(OCc4ccccc4)c2C3=O)CN1. The molecule has 2 atom stereocenters. The molecule has 1 aromatic heterocycles. The first-order valence-electron chi connectivity index (χ1n) is 13.6. The topological polar surface area (TPSA) is 110 Å². The van der Waals surface area contributed by atoms with E-state index in [4.69, 9.17) is 4.74 Å². The first-order chi connectivity index (χ1) is 20.2. The van der Waals surface area contributed by atoms with Gasteiger partial charge in [0, 0.05) is 61.9 Å². The molecule has 4 heterocycles. The maximum absolute atomic E-state index is 14.2. The number of carbonyl (C=O) groups is 3. The van der Waals surface area contributed by atoms with Crippen LogP contribution in [0.5, 0.6) is 5.75 Å². The summed E-state index contributed by atoms with van der Waals surface area (Å²) in [6.45, 7) is 0.360. The second-order valence-corrected chi connectivity index (χ2v) is 10.9. The molecule has 12 heteroatoms. The van der Waals surface area contributed by atoms with Crippen molar-refractivity contribution >= 4 is 17.7 Å². The Morgan fingerprint density at radius 3 is 2.52 bits per heavy atom. The summed E-state index contributed by atoms with van der Waals surface area (Å²) in [6.07, 6.45) is 2.78. The number of carbonyl (C=O) groups excluding carboxylic acids is 3. The van der Waals surface area contributed by atoms with Gasteiger partial charge < -0.3 is 24.8 Å². The number of nitrogens with zero attached hydrogens (tertiary/aromatic N) is 2. The van der Waals surface area contributed by atoms with Crippen molar-refractivity contribution < 1.29 is 32.3 Å². The van der Waals surface area contributed by atoms with Crippen LogP contribution in [0.3, 0.4) is 0 Å². The summed E-state index contributed by atoms with van der Waals surface area (Å²) in [7, 11) is 0. The molecular weight excluding hydrogens is 553 g/mol. The Hall–Kier alpha value is -4.61. The molecule has 3 aliphatic rings. The van der Waals surface area contributed by atoms with Gasteiger partial charge in [-0.15, -0.1) is 0 Å². The second kappa shape index (κ2) is 10.7. The highest BCUT2D eigenvalue weighted by Gasteiger charge is 2.51. The summed E-state index contributed by atoms with van der Waals surface area (Å²) in [5, 5.41) is 5.23. The predicted octanol–water partition coefficient (Wildman–Crippen LogP) is 3.07. The molecule has 0 unspecified atom stereocenters. The molecule has 2 saturated heterocycles. The molecule has 218 valence electrons. The van der Waals surface area contributed by atoms with Gasteiger partial charge in [-0.05, 0) is 18.4 Å². The average molecular weight is 581 g/mol. The number of halogens is 3.